The number of aromatic nitrogens is 2. The van der Waals surface area contributed by atoms with Gasteiger partial charge >= 0.3 is 6.09 Å². The first-order chi connectivity index (χ1) is 15.6. The number of hydrogen-bond acceptors (Lipinski definition) is 8. The minimum Gasteiger partial charge on any atom is -0.481 e. The molecule has 1 aliphatic carbocycles. The van der Waals surface area contributed by atoms with Gasteiger partial charge in [0.25, 0.3) is 0 Å². The number of aliphatic hydroxyl groups is 1. The van der Waals surface area contributed by atoms with Crippen LogP contribution in [-0.4, -0.2) is 57.7 Å². The van der Waals surface area contributed by atoms with Gasteiger partial charge in [-0.05, 0) is 52.5 Å². The smallest absolute Gasteiger partial charge is 0.408 e. The van der Waals surface area contributed by atoms with E-state index in [0.29, 0.717) is 60.3 Å². The molecule has 1 saturated carbocycles. The van der Waals surface area contributed by atoms with Crippen molar-refractivity contribution in [2.45, 2.75) is 75.7 Å². The number of nitriles is 1. The van der Waals surface area contributed by atoms with Crippen LogP contribution in [0.25, 0.3) is 11.0 Å². The van der Waals surface area contributed by atoms with E-state index in [1.807, 2.05) is 20.8 Å². The number of amides is 1. The van der Waals surface area contributed by atoms with Crippen molar-refractivity contribution in [1.82, 2.24) is 15.3 Å². The molecule has 1 atom stereocenters. The number of nitrogens with one attached hydrogen (secondary N) is 1. The summed E-state index contributed by atoms with van der Waals surface area (Å²) >= 11 is 0. The van der Waals surface area contributed by atoms with Crippen molar-refractivity contribution in [2.24, 2.45) is 0 Å². The number of methoxy groups -OCH3 is 1. The summed E-state index contributed by atoms with van der Waals surface area (Å²) in [5.74, 6) is 0.415. The average Bonchev–Trinajstić information content (AvgIpc) is 2.78. The largest absolute Gasteiger partial charge is 0.481 e. The first-order valence-electron chi connectivity index (χ1n) is 11.1. The van der Waals surface area contributed by atoms with Crippen LogP contribution in [0, 0.1) is 11.3 Å². The van der Waals surface area contributed by atoms with Crippen molar-refractivity contribution in [2.75, 3.05) is 13.7 Å². The van der Waals surface area contributed by atoms with E-state index in [1.54, 1.807) is 12.1 Å². The van der Waals surface area contributed by atoms with Crippen LogP contribution in [0.3, 0.4) is 0 Å². The number of rotatable bonds is 5. The number of nitrogens with zero attached hydrogens (tertiary/aromatic N) is 3. The molecule has 33 heavy (non-hydrogen) atoms. The second-order valence-electron chi connectivity index (χ2n) is 9.96. The Hall–Kier alpha value is -2.96. The van der Waals surface area contributed by atoms with Gasteiger partial charge in [0, 0.05) is 24.2 Å². The second-order valence-corrected chi connectivity index (χ2v) is 9.96. The topological polar surface area (TPSA) is 127 Å². The van der Waals surface area contributed by atoms with Gasteiger partial charge in [-0.25, -0.2) is 9.78 Å². The van der Waals surface area contributed by atoms with Crippen molar-refractivity contribution < 1.29 is 24.1 Å². The highest BCUT2D eigenvalue weighted by Crippen LogP contribution is 2.46. The Labute approximate surface area is 193 Å². The zero-order chi connectivity index (χ0) is 23.9. The van der Waals surface area contributed by atoms with Crippen LogP contribution in [0.15, 0.2) is 18.3 Å². The Kier molecular flexibility index (Phi) is 5.93. The highest BCUT2D eigenvalue weighted by molar-refractivity contribution is 5.80. The van der Waals surface area contributed by atoms with Gasteiger partial charge in [0.1, 0.15) is 11.7 Å². The van der Waals surface area contributed by atoms with Crippen LogP contribution in [0.5, 0.6) is 5.88 Å². The summed E-state index contributed by atoms with van der Waals surface area (Å²) in [6, 6.07) is 5.66. The van der Waals surface area contributed by atoms with Crippen molar-refractivity contribution >= 4 is 17.1 Å². The van der Waals surface area contributed by atoms with Gasteiger partial charge in [-0.2, -0.15) is 5.26 Å². The van der Waals surface area contributed by atoms with E-state index >= 15 is 0 Å². The number of pyridine rings is 2. The Morgan fingerprint density at radius 3 is 2.64 bits per heavy atom. The molecular weight excluding hydrogens is 424 g/mol. The van der Waals surface area contributed by atoms with E-state index in [1.165, 1.54) is 13.3 Å². The minimum absolute atomic E-state index is 0.203. The number of ether oxygens (including phenoxy) is 3. The fourth-order valence-electron chi connectivity index (χ4n) is 4.73. The summed E-state index contributed by atoms with van der Waals surface area (Å²) in [7, 11) is 1.53. The predicted molar refractivity (Wildman–Crippen MR) is 120 cm³/mol. The SMILES string of the molecule is COc1ccc2ncc(C#N)c(CC(O)C34CCC(NC(=O)OC(C)(C)C)(CC3)CO4)c2n1. The Morgan fingerprint density at radius 1 is 1.33 bits per heavy atom. The molecule has 1 amide bonds. The average molecular weight is 455 g/mol. The van der Waals surface area contributed by atoms with E-state index in [2.05, 4.69) is 21.4 Å². The Balaban J connectivity index is 1.52. The highest BCUT2D eigenvalue weighted by Gasteiger charge is 2.54. The van der Waals surface area contributed by atoms with Gasteiger partial charge in [0.15, 0.2) is 0 Å². The van der Waals surface area contributed by atoms with Crippen molar-refractivity contribution in [3.63, 3.8) is 0 Å². The van der Waals surface area contributed by atoms with Crippen LogP contribution in [-0.2, 0) is 15.9 Å². The monoisotopic (exact) mass is 454 g/mol. The lowest BCUT2D eigenvalue weighted by atomic mass is 9.68. The molecule has 3 aliphatic rings. The molecule has 9 heteroatoms. The number of aliphatic hydroxyl groups excluding tert-OH is 1. The van der Waals surface area contributed by atoms with Gasteiger partial charge in [0.05, 0.1) is 47.6 Å². The van der Waals surface area contributed by atoms with Crippen LogP contribution in [0.2, 0.25) is 0 Å². The molecule has 176 valence electrons. The molecule has 2 aromatic heterocycles. The summed E-state index contributed by atoms with van der Waals surface area (Å²) in [5.41, 5.74) is 0.360. The molecule has 2 aromatic rings. The van der Waals surface area contributed by atoms with Gasteiger partial charge < -0.3 is 24.6 Å². The third-order valence-corrected chi connectivity index (χ3v) is 6.58. The first-order valence-corrected chi connectivity index (χ1v) is 11.1. The van der Waals surface area contributed by atoms with Gasteiger partial charge in [-0.1, -0.05) is 0 Å². The number of hydrogen-bond donors (Lipinski definition) is 2. The number of fused-ring (bicyclic) bond motifs is 4. The third kappa shape index (κ3) is 4.59. The standard InChI is InChI=1S/C24H30N4O5/c1-22(2,3)33-21(30)28-23-7-9-24(10-8-23,32-14-23)18(29)11-16-15(12-25)13-26-17-5-6-19(31-4)27-20(16)17/h5-6,13,18,29H,7-11,14H2,1-4H3,(H,28,30). The lowest BCUT2D eigenvalue weighted by Gasteiger charge is -2.54. The van der Waals surface area contributed by atoms with E-state index in [4.69, 9.17) is 14.2 Å². The summed E-state index contributed by atoms with van der Waals surface area (Å²) in [6.07, 6.45) is 2.95. The summed E-state index contributed by atoms with van der Waals surface area (Å²) in [6.45, 7) is 5.78. The summed E-state index contributed by atoms with van der Waals surface area (Å²) in [5, 5.41) is 23.9. The fourth-order valence-corrected chi connectivity index (χ4v) is 4.73. The lowest BCUT2D eigenvalue weighted by Crippen LogP contribution is -2.66. The molecular formula is C24H30N4O5. The third-order valence-electron chi connectivity index (χ3n) is 6.58. The van der Waals surface area contributed by atoms with E-state index in [-0.39, 0.29) is 6.42 Å². The molecule has 1 unspecified atom stereocenters. The van der Waals surface area contributed by atoms with Crippen LogP contribution in [0.4, 0.5) is 4.79 Å². The molecule has 3 fully saturated rings. The zero-order valence-electron chi connectivity index (χ0n) is 19.5. The summed E-state index contributed by atoms with van der Waals surface area (Å²) in [4.78, 5) is 21.1. The zero-order valence-corrected chi connectivity index (χ0v) is 19.5. The molecule has 2 saturated heterocycles. The molecule has 2 aliphatic heterocycles. The van der Waals surface area contributed by atoms with Crippen LogP contribution < -0.4 is 10.1 Å². The molecule has 2 N–H and O–H groups in total. The second kappa shape index (κ2) is 8.43. The maximum atomic E-state index is 12.3. The Bertz CT molecular complexity index is 1080. The fraction of sp³-hybridized carbons (Fsp3) is 0.583. The maximum Gasteiger partial charge on any atom is 0.408 e. The van der Waals surface area contributed by atoms with E-state index in [9.17, 15) is 15.2 Å². The van der Waals surface area contributed by atoms with Gasteiger partial charge in [-0.3, -0.25) is 4.98 Å². The Morgan fingerprint density at radius 2 is 2.06 bits per heavy atom. The van der Waals surface area contributed by atoms with Crippen molar-refractivity contribution in [1.29, 1.82) is 5.26 Å². The van der Waals surface area contributed by atoms with Crippen LogP contribution >= 0.6 is 0 Å². The summed E-state index contributed by atoms with van der Waals surface area (Å²) < 4.78 is 16.9. The van der Waals surface area contributed by atoms with Crippen LogP contribution in [0.1, 0.15) is 57.6 Å². The highest BCUT2D eigenvalue weighted by atomic mass is 16.6. The molecule has 0 radical (unpaired) electrons. The first kappa shape index (κ1) is 23.2. The number of carbonyl (C=O) groups excluding carboxylic acids is 1. The normalized spacial score (nSPS) is 25.3. The maximum absolute atomic E-state index is 12.3. The molecule has 5 rings (SSSR count). The van der Waals surface area contributed by atoms with E-state index < -0.39 is 28.9 Å². The van der Waals surface area contributed by atoms with Crippen molar-refractivity contribution in [3.05, 3.63) is 29.5 Å². The predicted octanol–water partition coefficient (Wildman–Crippen LogP) is 3.02. The lowest BCUT2D eigenvalue weighted by molar-refractivity contribution is -0.206. The molecule has 9 nitrogen and oxygen atoms in total. The quantitative estimate of drug-likeness (QED) is 0.706. The molecule has 0 aromatic carbocycles. The number of carbonyl (C=O) groups is 1. The number of alkyl carbamates (subject to hydrolysis) is 1. The van der Waals surface area contributed by atoms with Gasteiger partial charge in [0.2, 0.25) is 5.88 Å². The molecule has 0 spiro atoms. The van der Waals surface area contributed by atoms with E-state index in [0.717, 1.165) is 0 Å². The van der Waals surface area contributed by atoms with Gasteiger partial charge in [-0.15, -0.1) is 0 Å². The molecule has 2 bridgehead atoms. The van der Waals surface area contributed by atoms with Crippen molar-refractivity contribution in [3.8, 4) is 11.9 Å². The minimum atomic E-state index is -0.844. The molecule has 4 heterocycles.